The van der Waals surface area contributed by atoms with Crippen LogP contribution in [0.4, 0.5) is 0 Å². The number of esters is 1. The lowest BCUT2D eigenvalue weighted by Crippen LogP contribution is -2.08. The number of thiazole rings is 1. The SMILES string of the molecule is Cc1[nH]c(C(=O)OCc2csc(-c3ccc(C(C)C)cc3)n2)c(C)c1[C@H](C)O. The smallest absolute Gasteiger partial charge is 0.355 e. The van der Waals surface area contributed by atoms with Gasteiger partial charge in [0.25, 0.3) is 0 Å². The normalized spacial score (nSPS) is 12.4. The van der Waals surface area contributed by atoms with Crippen molar-refractivity contribution in [3.63, 3.8) is 0 Å². The zero-order valence-electron chi connectivity index (χ0n) is 16.9. The zero-order chi connectivity index (χ0) is 20.4. The van der Waals surface area contributed by atoms with Crippen molar-refractivity contribution in [2.24, 2.45) is 0 Å². The van der Waals surface area contributed by atoms with Gasteiger partial charge >= 0.3 is 5.97 Å². The quantitative estimate of drug-likeness (QED) is 0.553. The number of carbonyl (C=O) groups is 1. The van der Waals surface area contributed by atoms with E-state index in [9.17, 15) is 9.90 Å². The Bertz CT molecular complexity index is 968. The summed E-state index contributed by atoms with van der Waals surface area (Å²) in [7, 11) is 0. The predicted octanol–water partition coefficient (Wildman–Crippen LogP) is 5.29. The molecule has 3 rings (SSSR count). The maximum atomic E-state index is 12.4. The molecule has 0 aliphatic carbocycles. The summed E-state index contributed by atoms with van der Waals surface area (Å²) in [6, 6.07) is 8.40. The molecule has 1 aromatic carbocycles. The molecule has 2 aromatic heterocycles. The molecule has 0 saturated heterocycles. The molecule has 2 heterocycles. The van der Waals surface area contributed by atoms with E-state index in [1.54, 1.807) is 6.92 Å². The number of aromatic nitrogens is 2. The largest absolute Gasteiger partial charge is 0.454 e. The van der Waals surface area contributed by atoms with Gasteiger partial charge in [0.15, 0.2) is 0 Å². The molecular formula is C22H26N2O3S. The monoisotopic (exact) mass is 398 g/mol. The average molecular weight is 399 g/mol. The minimum atomic E-state index is -0.638. The molecule has 148 valence electrons. The number of rotatable bonds is 6. The van der Waals surface area contributed by atoms with Crippen LogP contribution in [0.5, 0.6) is 0 Å². The first-order valence-corrected chi connectivity index (χ1v) is 10.2. The topological polar surface area (TPSA) is 75.2 Å². The Hall–Kier alpha value is -2.44. The third-order valence-electron chi connectivity index (χ3n) is 4.84. The molecule has 0 fully saturated rings. The Labute approximate surface area is 169 Å². The Balaban J connectivity index is 1.68. The molecule has 0 unspecified atom stereocenters. The Morgan fingerprint density at radius 1 is 1.21 bits per heavy atom. The molecule has 0 bridgehead atoms. The number of nitrogens with one attached hydrogen (secondary N) is 1. The number of benzene rings is 1. The summed E-state index contributed by atoms with van der Waals surface area (Å²) in [6.07, 6.45) is -0.638. The highest BCUT2D eigenvalue weighted by Gasteiger charge is 2.21. The third-order valence-corrected chi connectivity index (χ3v) is 5.78. The van der Waals surface area contributed by atoms with Crippen molar-refractivity contribution in [3.05, 3.63) is 63.4 Å². The van der Waals surface area contributed by atoms with Crippen LogP contribution in [0.25, 0.3) is 10.6 Å². The van der Waals surface area contributed by atoms with Crippen LogP contribution < -0.4 is 0 Å². The van der Waals surface area contributed by atoms with Gasteiger partial charge in [0.2, 0.25) is 0 Å². The van der Waals surface area contributed by atoms with E-state index in [1.165, 1.54) is 16.9 Å². The van der Waals surface area contributed by atoms with E-state index in [4.69, 9.17) is 4.74 Å². The Morgan fingerprint density at radius 2 is 1.89 bits per heavy atom. The van der Waals surface area contributed by atoms with Crippen molar-refractivity contribution in [2.75, 3.05) is 0 Å². The second-order valence-corrected chi connectivity index (χ2v) is 8.19. The summed E-state index contributed by atoms with van der Waals surface area (Å²) in [5.74, 6) is 0.0538. The number of ether oxygens (including phenoxy) is 1. The van der Waals surface area contributed by atoms with Gasteiger partial charge in [-0.05, 0) is 37.8 Å². The molecule has 28 heavy (non-hydrogen) atoms. The van der Waals surface area contributed by atoms with Gasteiger partial charge < -0.3 is 14.8 Å². The number of H-pyrrole nitrogens is 1. The number of aliphatic hydroxyl groups excluding tert-OH is 1. The van der Waals surface area contributed by atoms with Crippen LogP contribution in [0.3, 0.4) is 0 Å². The first-order valence-electron chi connectivity index (χ1n) is 9.37. The van der Waals surface area contributed by atoms with E-state index in [2.05, 4.69) is 48.1 Å². The van der Waals surface area contributed by atoms with Gasteiger partial charge in [0.1, 0.15) is 17.3 Å². The van der Waals surface area contributed by atoms with Crippen molar-refractivity contribution in [3.8, 4) is 10.6 Å². The molecule has 1 atom stereocenters. The summed E-state index contributed by atoms with van der Waals surface area (Å²) < 4.78 is 5.44. The van der Waals surface area contributed by atoms with E-state index in [0.29, 0.717) is 11.6 Å². The van der Waals surface area contributed by atoms with Gasteiger partial charge in [0, 0.05) is 22.2 Å². The second kappa shape index (κ2) is 8.29. The standard InChI is InChI=1S/C22H26N2O3S/c1-12(2)16-6-8-17(9-7-16)21-24-18(11-28-21)10-27-22(26)20-13(3)19(15(5)25)14(4)23-20/h6-9,11-12,15,23,25H,10H2,1-5H3/t15-/m0/s1. The minimum absolute atomic E-state index is 0.112. The molecule has 6 heteroatoms. The molecule has 0 radical (unpaired) electrons. The molecule has 0 spiro atoms. The van der Waals surface area contributed by atoms with E-state index in [1.807, 2.05) is 19.2 Å². The molecule has 3 aromatic rings. The fraction of sp³-hybridized carbons (Fsp3) is 0.364. The molecule has 0 aliphatic rings. The number of aryl methyl sites for hydroxylation is 1. The van der Waals surface area contributed by atoms with Crippen LogP contribution in [0, 0.1) is 13.8 Å². The lowest BCUT2D eigenvalue weighted by atomic mass is 10.0. The summed E-state index contributed by atoms with van der Waals surface area (Å²) in [5, 5.41) is 12.7. The van der Waals surface area contributed by atoms with Gasteiger partial charge in [-0.2, -0.15) is 0 Å². The van der Waals surface area contributed by atoms with Gasteiger partial charge in [-0.15, -0.1) is 11.3 Å². The fourth-order valence-electron chi connectivity index (χ4n) is 3.32. The van der Waals surface area contributed by atoms with Crippen LogP contribution in [-0.4, -0.2) is 21.0 Å². The number of hydrogen-bond acceptors (Lipinski definition) is 5. The molecular weight excluding hydrogens is 372 g/mol. The van der Waals surface area contributed by atoms with E-state index in [-0.39, 0.29) is 6.61 Å². The predicted molar refractivity (Wildman–Crippen MR) is 112 cm³/mol. The maximum Gasteiger partial charge on any atom is 0.355 e. The first-order chi connectivity index (χ1) is 13.3. The molecule has 0 aliphatic heterocycles. The van der Waals surface area contributed by atoms with Crippen LogP contribution in [0.2, 0.25) is 0 Å². The van der Waals surface area contributed by atoms with Gasteiger partial charge in [-0.1, -0.05) is 38.1 Å². The summed E-state index contributed by atoms with van der Waals surface area (Å²) in [4.78, 5) is 20.1. The van der Waals surface area contributed by atoms with Crippen molar-refractivity contribution in [1.29, 1.82) is 0 Å². The van der Waals surface area contributed by atoms with Crippen LogP contribution in [0.15, 0.2) is 29.6 Å². The van der Waals surface area contributed by atoms with Crippen LogP contribution in [-0.2, 0) is 11.3 Å². The molecule has 2 N–H and O–H groups in total. The maximum absolute atomic E-state index is 12.4. The zero-order valence-corrected chi connectivity index (χ0v) is 17.7. The highest BCUT2D eigenvalue weighted by Crippen LogP contribution is 2.27. The van der Waals surface area contributed by atoms with Gasteiger partial charge in [0.05, 0.1) is 11.8 Å². The highest BCUT2D eigenvalue weighted by atomic mass is 32.1. The Morgan fingerprint density at radius 3 is 2.46 bits per heavy atom. The van der Waals surface area contributed by atoms with Gasteiger partial charge in [-0.25, -0.2) is 9.78 Å². The number of aromatic amines is 1. The lowest BCUT2D eigenvalue weighted by Gasteiger charge is -2.06. The van der Waals surface area contributed by atoms with E-state index >= 15 is 0 Å². The summed E-state index contributed by atoms with van der Waals surface area (Å²) in [6.45, 7) is 9.78. The lowest BCUT2D eigenvalue weighted by molar-refractivity contribution is 0.0461. The fourth-order valence-corrected chi connectivity index (χ4v) is 4.13. The number of carbonyl (C=O) groups excluding carboxylic acids is 1. The van der Waals surface area contributed by atoms with E-state index < -0.39 is 12.1 Å². The third kappa shape index (κ3) is 4.18. The number of aliphatic hydroxyl groups is 1. The first kappa shape index (κ1) is 20.3. The summed E-state index contributed by atoms with van der Waals surface area (Å²) >= 11 is 1.53. The van der Waals surface area contributed by atoms with Crippen molar-refractivity contribution >= 4 is 17.3 Å². The second-order valence-electron chi connectivity index (χ2n) is 7.34. The minimum Gasteiger partial charge on any atom is -0.454 e. The van der Waals surface area contributed by atoms with Crippen molar-refractivity contribution < 1.29 is 14.6 Å². The average Bonchev–Trinajstić information content (AvgIpc) is 3.24. The van der Waals surface area contributed by atoms with Crippen LogP contribution >= 0.6 is 11.3 Å². The highest BCUT2D eigenvalue weighted by molar-refractivity contribution is 7.13. The van der Waals surface area contributed by atoms with E-state index in [0.717, 1.165) is 33.1 Å². The molecule has 5 nitrogen and oxygen atoms in total. The van der Waals surface area contributed by atoms with Crippen molar-refractivity contribution in [1.82, 2.24) is 9.97 Å². The number of hydrogen-bond donors (Lipinski definition) is 2. The van der Waals surface area contributed by atoms with Crippen molar-refractivity contribution in [2.45, 2.75) is 53.2 Å². The Kier molecular flexibility index (Phi) is 6.01. The number of nitrogens with zero attached hydrogens (tertiary/aromatic N) is 1. The molecule has 0 amide bonds. The van der Waals surface area contributed by atoms with Gasteiger partial charge in [-0.3, -0.25) is 0 Å². The molecule has 0 saturated carbocycles. The van der Waals surface area contributed by atoms with Crippen LogP contribution in [0.1, 0.15) is 71.4 Å². The summed E-state index contributed by atoms with van der Waals surface area (Å²) in [5.41, 5.74) is 5.70.